The molecule has 0 amide bonds. The first-order valence-electron chi connectivity index (χ1n) is 6.94. The monoisotopic (exact) mass is 249 g/mol. The van der Waals surface area contributed by atoms with Gasteiger partial charge in [0.05, 0.1) is 0 Å². The van der Waals surface area contributed by atoms with E-state index in [0.29, 0.717) is 0 Å². The summed E-state index contributed by atoms with van der Waals surface area (Å²) in [5.74, 6) is 0.248. The van der Waals surface area contributed by atoms with E-state index >= 15 is 0 Å². The summed E-state index contributed by atoms with van der Waals surface area (Å²) in [5.41, 5.74) is 4.15. The van der Waals surface area contributed by atoms with Crippen LogP contribution in [0.3, 0.4) is 0 Å². The maximum Gasteiger partial charge on any atom is 0.0474 e. The van der Waals surface area contributed by atoms with E-state index in [4.69, 9.17) is 0 Å². The summed E-state index contributed by atoms with van der Waals surface area (Å²) in [7, 11) is 4.18. The van der Waals surface area contributed by atoms with Crippen LogP contribution in [-0.4, -0.2) is 30.7 Å². The largest absolute Gasteiger partial charge is 0.396 e. The number of rotatable bonds is 6. The average Bonchev–Trinajstić information content (AvgIpc) is 2.38. The van der Waals surface area contributed by atoms with Crippen LogP contribution in [0, 0.1) is 5.92 Å². The average molecular weight is 249 g/mol. The lowest BCUT2D eigenvalue weighted by Gasteiger charge is -2.31. The fourth-order valence-corrected chi connectivity index (χ4v) is 2.66. The highest BCUT2D eigenvalue weighted by Gasteiger charge is 2.23. The van der Waals surface area contributed by atoms with Crippen molar-refractivity contribution in [1.29, 1.82) is 0 Å². The summed E-state index contributed by atoms with van der Waals surface area (Å²) in [6.07, 6.45) is 2.10. The Kier molecular flexibility index (Phi) is 5.83. The minimum atomic E-state index is 0.225. The van der Waals surface area contributed by atoms with Crippen molar-refractivity contribution in [3.63, 3.8) is 0 Å². The zero-order valence-corrected chi connectivity index (χ0v) is 12.4. The van der Waals surface area contributed by atoms with Crippen molar-refractivity contribution >= 4 is 0 Å². The zero-order valence-electron chi connectivity index (χ0n) is 12.4. The Hall–Kier alpha value is -0.860. The van der Waals surface area contributed by atoms with E-state index < -0.39 is 0 Å². The third kappa shape index (κ3) is 3.33. The molecule has 1 aromatic rings. The van der Waals surface area contributed by atoms with Crippen LogP contribution < -0.4 is 0 Å². The van der Waals surface area contributed by atoms with E-state index in [1.54, 1.807) is 0 Å². The topological polar surface area (TPSA) is 23.5 Å². The van der Waals surface area contributed by atoms with Crippen LogP contribution in [0.4, 0.5) is 0 Å². The summed E-state index contributed by atoms with van der Waals surface area (Å²) >= 11 is 0. The highest BCUT2D eigenvalue weighted by Crippen LogP contribution is 2.30. The molecular formula is C16H27NO. The molecule has 0 aliphatic rings. The fraction of sp³-hybridized carbons (Fsp3) is 0.625. The predicted octanol–water partition coefficient (Wildman–Crippen LogP) is 3.04. The lowest BCUT2D eigenvalue weighted by Crippen LogP contribution is -2.29. The number of aryl methyl sites for hydroxylation is 2. The first-order valence-corrected chi connectivity index (χ1v) is 6.94. The molecule has 102 valence electrons. The lowest BCUT2D eigenvalue weighted by atomic mass is 9.88. The van der Waals surface area contributed by atoms with Gasteiger partial charge in [0.25, 0.3) is 0 Å². The van der Waals surface area contributed by atoms with Crippen LogP contribution >= 0.6 is 0 Å². The van der Waals surface area contributed by atoms with Crippen LogP contribution in [0.15, 0.2) is 18.2 Å². The van der Waals surface area contributed by atoms with E-state index in [2.05, 4.69) is 58.0 Å². The minimum absolute atomic E-state index is 0.225. The molecule has 0 saturated carbocycles. The van der Waals surface area contributed by atoms with Crippen molar-refractivity contribution in [3.05, 3.63) is 34.9 Å². The molecule has 1 rings (SSSR count). The van der Waals surface area contributed by atoms with Gasteiger partial charge in [0.15, 0.2) is 0 Å². The quantitative estimate of drug-likeness (QED) is 0.837. The Morgan fingerprint density at radius 1 is 1.17 bits per heavy atom. The second-order valence-corrected chi connectivity index (χ2v) is 5.31. The molecule has 18 heavy (non-hydrogen) atoms. The smallest absolute Gasteiger partial charge is 0.0474 e. The standard InChI is InChI=1S/C16H27NO/c1-6-13-8-9-14(7-2)15(10-13)16(17(4)5)12(3)11-18/h8-10,12,16,18H,6-7,11H2,1-5H3. The molecule has 0 aliphatic carbocycles. The molecule has 1 N–H and O–H groups in total. The van der Waals surface area contributed by atoms with Crippen LogP contribution in [-0.2, 0) is 12.8 Å². The summed E-state index contributed by atoms with van der Waals surface area (Å²) < 4.78 is 0. The molecule has 0 aromatic heterocycles. The van der Waals surface area contributed by atoms with E-state index in [1.165, 1.54) is 16.7 Å². The van der Waals surface area contributed by atoms with E-state index in [0.717, 1.165) is 12.8 Å². The molecule has 0 fully saturated rings. The summed E-state index contributed by atoms with van der Waals surface area (Å²) in [6.45, 7) is 6.72. The summed E-state index contributed by atoms with van der Waals surface area (Å²) in [5, 5.41) is 9.48. The van der Waals surface area contributed by atoms with Gasteiger partial charge in [-0.1, -0.05) is 39.0 Å². The Morgan fingerprint density at radius 3 is 2.28 bits per heavy atom. The predicted molar refractivity (Wildman–Crippen MR) is 77.9 cm³/mol. The second kappa shape index (κ2) is 6.91. The molecule has 0 spiro atoms. The first kappa shape index (κ1) is 15.2. The van der Waals surface area contributed by atoms with Crippen molar-refractivity contribution < 1.29 is 5.11 Å². The van der Waals surface area contributed by atoms with Crippen LogP contribution in [0.1, 0.15) is 43.5 Å². The van der Waals surface area contributed by atoms with E-state index in [-0.39, 0.29) is 18.6 Å². The third-order valence-electron chi connectivity index (χ3n) is 3.70. The van der Waals surface area contributed by atoms with Crippen molar-refractivity contribution in [2.45, 2.75) is 39.7 Å². The second-order valence-electron chi connectivity index (χ2n) is 5.31. The minimum Gasteiger partial charge on any atom is -0.396 e. The number of aliphatic hydroxyl groups excluding tert-OH is 1. The van der Waals surface area contributed by atoms with Gasteiger partial charge in [0.2, 0.25) is 0 Å². The normalized spacial score (nSPS) is 14.8. The van der Waals surface area contributed by atoms with Gasteiger partial charge in [-0.15, -0.1) is 0 Å². The van der Waals surface area contributed by atoms with Crippen molar-refractivity contribution in [3.8, 4) is 0 Å². The van der Waals surface area contributed by atoms with E-state index in [9.17, 15) is 5.11 Å². The maximum atomic E-state index is 9.48. The first-order chi connectivity index (χ1) is 8.54. The summed E-state index contributed by atoms with van der Waals surface area (Å²) in [6, 6.07) is 7.07. The Labute approximate surface area is 112 Å². The SMILES string of the molecule is CCc1ccc(CC)c(C(C(C)CO)N(C)C)c1. The molecule has 2 heteroatoms. The van der Waals surface area contributed by atoms with Gasteiger partial charge in [-0.3, -0.25) is 0 Å². The molecule has 1 aromatic carbocycles. The number of hydrogen-bond acceptors (Lipinski definition) is 2. The van der Waals surface area contributed by atoms with Gasteiger partial charge >= 0.3 is 0 Å². The zero-order chi connectivity index (χ0) is 13.7. The molecule has 2 nitrogen and oxygen atoms in total. The van der Waals surface area contributed by atoms with Gasteiger partial charge in [-0.2, -0.15) is 0 Å². The van der Waals surface area contributed by atoms with Gasteiger partial charge in [0.1, 0.15) is 0 Å². The van der Waals surface area contributed by atoms with E-state index in [1.807, 2.05) is 0 Å². The molecular weight excluding hydrogens is 222 g/mol. The molecule has 0 aliphatic heterocycles. The third-order valence-corrected chi connectivity index (χ3v) is 3.70. The van der Waals surface area contributed by atoms with Gasteiger partial charge in [0, 0.05) is 12.6 Å². The number of aliphatic hydroxyl groups is 1. The number of nitrogens with zero attached hydrogens (tertiary/aromatic N) is 1. The van der Waals surface area contributed by atoms with Gasteiger partial charge in [-0.05, 0) is 49.5 Å². The van der Waals surface area contributed by atoms with Crippen LogP contribution in [0.5, 0.6) is 0 Å². The molecule has 2 unspecified atom stereocenters. The fourth-order valence-electron chi connectivity index (χ4n) is 2.66. The Balaban J connectivity index is 3.24. The number of benzene rings is 1. The van der Waals surface area contributed by atoms with Crippen molar-refractivity contribution in [2.75, 3.05) is 20.7 Å². The highest BCUT2D eigenvalue weighted by atomic mass is 16.3. The van der Waals surface area contributed by atoms with Crippen LogP contribution in [0.2, 0.25) is 0 Å². The van der Waals surface area contributed by atoms with Gasteiger partial charge < -0.3 is 10.0 Å². The highest BCUT2D eigenvalue weighted by molar-refractivity contribution is 5.35. The molecule has 0 saturated heterocycles. The van der Waals surface area contributed by atoms with Gasteiger partial charge in [-0.25, -0.2) is 0 Å². The lowest BCUT2D eigenvalue weighted by molar-refractivity contribution is 0.145. The molecule has 0 radical (unpaired) electrons. The maximum absolute atomic E-state index is 9.48. The molecule has 0 bridgehead atoms. The van der Waals surface area contributed by atoms with Crippen LogP contribution in [0.25, 0.3) is 0 Å². The summed E-state index contributed by atoms with van der Waals surface area (Å²) in [4.78, 5) is 2.22. The van der Waals surface area contributed by atoms with Crippen molar-refractivity contribution in [1.82, 2.24) is 4.90 Å². The molecule has 2 atom stereocenters. The van der Waals surface area contributed by atoms with Crippen molar-refractivity contribution in [2.24, 2.45) is 5.92 Å². The Bertz CT molecular complexity index is 373. The molecule has 0 heterocycles. The number of hydrogen-bond donors (Lipinski definition) is 1. The Morgan fingerprint density at radius 2 is 1.83 bits per heavy atom.